The van der Waals surface area contributed by atoms with Crippen LogP contribution >= 0.6 is 11.3 Å². The molecule has 1 aromatic carbocycles. The molecule has 1 saturated carbocycles. The minimum absolute atomic E-state index is 0.0488. The maximum absolute atomic E-state index is 12.4. The van der Waals surface area contributed by atoms with E-state index in [-0.39, 0.29) is 28.1 Å². The van der Waals surface area contributed by atoms with Crippen LogP contribution in [0.25, 0.3) is 10.2 Å². The van der Waals surface area contributed by atoms with Crippen molar-refractivity contribution in [1.29, 1.82) is 0 Å². The lowest BCUT2D eigenvalue weighted by Crippen LogP contribution is -2.38. The van der Waals surface area contributed by atoms with Crippen LogP contribution in [0.5, 0.6) is 0 Å². The Bertz CT molecular complexity index is 884. The molecule has 6 nitrogen and oxygen atoms in total. The highest BCUT2D eigenvalue weighted by Gasteiger charge is 2.21. The van der Waals surface area contributed by atoms with Gasteiger partial charge in [-0.15, -0.1) is 11.3 Å². The fraction of sp³-hybridized carbons (Fsp3) is 0.556. The normalized spacial score (nSPS) is 16.1. The molecular formula is C18H25N3O3S2. The monoisotopic (exact) mass is 395 g/mol. The molecule has 0 aliphatic heterocycles. The van der Waals surface area contributed by atoms with Crippen molar-refractivity contribution in [2.75, 3.05) is 11.1 Å². The summed E-state index contributed by atoms with van der Waals surface area (Å²) in [6, 6.07) is 5.30. The number of amides is 2. The van der Waals surface area contributed by atoms with Crippen molar-refractivity contribution in [1.82, 2.24) is 10.3 Å². The van der Waals surface area contributed by atoms with Crippen LogP contribution < -0.4 is 10.6 Å². The number of hydrogen-bond acceptors (Lipinski definition) is 5. The molecule has 3 rings (SSSR count). The number of benzene rings is 1. The second-order valence-corrected chi connectivity index (χ2v) is 10.5. The van der Waals surface area contributed by atoms with E-state index in [2.05, 4.69) is 15.6 Å². The highest BCUT2D eigenvalue weighted by atomic mass is 32.2. The molecule has 1 aliphatic rings. The third kappa shape index (κ3) is 4.73. The predicted octanol–water partition coefficient (Wildman–Crippen LogP) is 4.18. The average Bonchev–Trinajstić information content (AvgIpc) is 2.99. The Hall–Kier alpha value is -1.67. The smallest absolute Gasteiger partial charge is 0.319 e. The van der Waals surface area contributed by atoms with Gasteiger partial charge >= 0.3 is 6.03 Å². The third-order valence-corrected chi connectivity index (χ3v) is 7.94. The fourth-order valence-electron chi connectivity index (χ4n) is 3.22. The number of nitrogens with one attached hydrogen (secondary N) is 2. The zero-order valence-electron chi connectivity index (χ0n) is 15.1. The van der Waals surface area contributed by atoms with Gasteiger partial charge in [0.05, 0.1) is 16.0 Å². The second kappa shape index (κ2) is 7.92. The van der Waals surface area contributed by atoms with Crippen LogP contribution in [0, 0.1) is 5.92 Å². The number of hydrogen-bond donors (Lipinski definition) is 2. The summed E-state index contributed by atoms with van der Waals surface area (Å²) in [7, 11) is -3.37. The van der Waals surface area contributed by atoms with Gasteiger partial charge in [-0.3, -0.25) is 0 Å². The lowest BCUT2D eigenvalue weighted by Gasteiger charge is -2.22. The van der Waals surface area contributed by atoms with Gasteiger partial charge in [0, 0.05) is 11.7 Å². The summed E-state index contributed by atoms with van der Waals surface area (Å²) in [6.07, 6.45) is 5.61. The number of aromatic nitrogens is 1. The van der Waals surface area contributed by atoms with Crippen LogP contribution in [0.15, 0.2) is 22.5 Å². The molecule has 142 valence electrons. The largest absolute Gasteiger partial charge is 0.335 e. The molecule has 0 spiro atoms. The molecule has 2 aromatic rings. The molecule has 1 fully saturated rings. The molecule has 1 heterocycles. The van der Waals surface area contributed by atoms with Crippen molar-refractivity contribution in [3.05, 3.63) is 18.2 Å². The number of thiazole rings is 1. The summed E-state index contributed by atoms with van der Waals surface area (Å²) in [5, 5.41) is 5.85. The lowest BCUT2D eigenvalue weighted by atomic mass is 9.96. The van der Waals surface area contributed by atoms with E-state index in [1.165, 1.54) is 6.42 Å². The standard InChI is InChI=1S/C18H25N3O3S2/c1-12(2)11-26(23,24)18-21-15-9-8-14(10-16(15)25-18)20-17(22)19-13-6-4-3-5-7-13/h8-10,12-13H,3-7,11H2,1-2H3,(H2,19,20,22). The van der Waals surface area contributed by atoms with Gasteiger partial charge in [0.1, 0.15) is 0 Å². The number of carbonyl (C=O) groups excluding carboxylic acids is 1. The van der Waals surface area contributed by atoms with E-state index < -0.39 is 9.84 Å². The number of urea groups is 1. The maximum atomic E-state index is 12.4. The number of carbonyl (C=O) groups is 1. The molecule has 0 saturated heterocycles. The van der Waals surface area contributed by atoms with Gasteiger partial charge in [-0.05, 0) is 37.0 Å². The van der Waals surface area contributed by atoms with Crippen LogP contribution in [0.4, 0.5) is 10.5 Å². The first kappa shape index (κ1) is 19.1. The lowest BCUT2D eigenvalue weighted by molar-refractivity contribution is 0.244. The third-order valence-electron chi connectivity index (χ3n) is 4.39. The Morgan fingerprint density at radius 1 is 1.27 bits per heavy atom. The number of rotatable bonds is 5. The van der Waals surface area contributed by atoms with Gasteiger partial charge < -0.3 is 10.6 Å². The number of nitrogens with zero attached hydrogens (tertiary/aromatic N) is 1. The first-order chi connectivity index (χ1) is 12.3. The van der Waals surface area contributed by atoms with E-state index in [1.54, 1.807) is 18.2 Å². The first-order valence-electron chi connectivity index (χ1n) is 9.04. The van der Waals surface area contributed by atoms with Crippen LogP contribution in [0.1, 0.15) is 46.0 Å². The molecule has 26 heavy (non-hydrogen) atoms. The quantitative estimate of drug-likeness (QED) is 0.795. The Morgan fingerprint density at radius 2 is 2.00 bits per heavy atom. The van der Waals surface area contributed by atoms with Gasteiger partial charge in [0.25, 0.3) is 0 Å². The molecule has 0 unspecified atom stereocenters. The molecule has 1 aromatic heterocycles. The summed E-state index contributed by atoms with van der Waals surface area (Å²) in [5.41, 5.74) is 1.28. The van der Waals surface area contributed by atoms with Crippen molar-refractivity contribution in [3.63, 3.8) is 0 Å². The van der Waals surface area contributed by atoms with Crippen molar-refractivity contribution < 1.29 is 13.2 Å². The highest BCUT2D eigenvalue weighted by Crippen LogP contribution is 2.29. The summed E-state index contributed by atoms with van der Waals surface area (Å²) in [5.74, 6) is 0.134. The summed E-state index contributed by atoms with van der Waals surface area (Å²) in [6.45, 7) is 3.75. The molecule has 1 aliphatic carbocycles. The molecular weight excluding hydrogens is 370 g/mol. The van der Waals surface area contributed by atoms with Gasteiger partial charge in [0.2, 0.25) is 14.2 Å². The average molecular weight is 396 g/mol. The molecule has 8 heteroatoms. The minimum Gasteiger partial charge on any atom is -0.335 e. The molecule has 0 radical (unpaired) electrons. The SMILES string of the molecule is CC(C)CS(=O)(=O)c1nc2ccc(NC(=O)NC3CCCCC3)cc2s1. The van der Waals surface area contributed by atoms with E-state index in [9.17, 15) is 13.2 Å². The molecule has 2 N–H and O–H groups in total. The Labute approximate surface area is 158 Å². The predicted molar refractivity (Wildman–Crippen MR) is 106 cm³/mol. The number of anilines is 1. The highest BCUT2D eigenvalue weighted by molar-refractivity contribution is 7.93. The summed E-state index contributed by atoms with van der Waals surface area (Å²) < 4.78 is 25.6. The van der Waals surface area contributed by atoms with Crippen LogP contribution in [-0.2, 0) is 9.84 Å². The van der Waals surface area contributed by atoms with Crippen LogP contribution in [-0.4, -0.2) is 31.2 Å². The Morgan fingerprint density at radius 3 is 2.69 bits per heavy atom. The fourth-order valence-corrected chi connectivity index (χ4v) is 6.20. The molecule has 0 bridgehead atoms. The summed E-state index contributed by atoms with van der Waals surface area (Å²) >= 11 is 1.15. The molecule has 0 atom stereocenters. The van der Waals surface area contributed by atoms with Gasteiger partial charge in [-0.1, -0.05) is 33.1 Å². The zero-order valence-corrected chi connectivity index (χ0v) is 16.8. The van der Waals surface area contributed by atoms with Crippen molar-refractivity contribution >= 4 is 43.1 Å². The van der Waals surface area contributed by atoms with Crippen molar-refractivity contribution in [2.45, 2.75) is 56.3 Å². The van der Waals surface area contributed by atoms with Crippen molar-refractivity contribution in [3.8, 4) is 0 Å². The number of sulfone groups is 1. The van der Waals surface area contributed by atoms with Crippen LogP contribution in [0.3, 0.4) is 0 Å². The van der Waals surface area contributed by atoms with Gasteiger partial charge in [0.15, 0.2) is 0 Å². The zero-order chi connectivity index (χ0) is 18.7. The Balaban J connectivity index is 1.71. The van der Waals surface area contributed by atoms with E-state index >= 15 is 0 Å². The van der Waals surface area contributed by atoms with Gasteiger partial charge in [-0.2, -0.15) is 0 Å². The first-order valence-corrected chi connectivity index (χ1v) is 11.5. The van der Waals surface area contributed by atoms with Crippen LogP contribution in [0.2, 0.25) is 0 Å². The topological polar surface area (TPSA) is 88.2 Å². The van der Waals surface area contributed by atoms with E-state index in [0.29, 0.717) is 11.2 Å². The molecule has 2 amide bonds. The minimum atomic E-state index is -3.37. The Kier molecular flexibility index (Phi) is 5.82. The van der Waals surface area contributed by atoms with Gasteiger partial charge in [-0.25, -0.2) is 18.2 Å². The van der Waals surface area contributed by atoms with E-state index in [4.69, 9.17) is 0 Å². The number of fused-ring (bicyclic) bond motifs is 1. The van der Waals surface area contributed by atoms with E-state index in [1.807, 2.05) is 13.8 Å². The maximum Gasteiger partial charge on any atom is 0.319 e. The second-order valence-electron chi connectivity index (χ2n) is 7.27. The van der Waals surface area contributed by atoms with E-state index in [0.717, 1.165) is 41.7 Å². The van der Waals surface area contributed by atoms with Crippen molar-refractivity contribution in [2.24, 2.45) is 5.92 Å². The summed E-state index contributed by atoms with van der Waals surface area (Å²) in [4.78, 5) is 16.4.